The van der Waals surface area contributed by atoms with Crippen molar-refractivity contribution in [2.24, 2.45) is 0 Å². The van der Waals surface area contributed by atoms with Gasteiger partial charge in [-0.1, -0.05) is 13.3 Å². The molecule has 0 aliphatic rings. The van der Waals surface area contributed by atoms with Crippen molar-refractivity contribution in [2.75, 3.05) is 5.32 Å². The second-order valence-electron chi connectivity index (χ2n) is 3.41. The van der Waals surface area contributed by atoms with Gasteiger partial charge in [0.25, 0.3) is 0 Å². The van der Waals surface area contributed by atoms with Gasteiger partial charge in [0.05, 0.1) is 11.6 Å². The number of nitrogens with one attached hydrogen (secondary N) is 1. The first-order chi connectivity index (χ1) is 7.17. The zero-order chi connectivity index (χ0) is 11.3. The maximum Gasteiger partial charge on any atom is 0.221 e. The van der Waals surface area contributed by atoms with E-state index in [0.717, 1.165) is 24.1 Å². The van der Waals surface area contributed by atoms with Gasteiger partial charge < -0.3 is 5.32 Å². The third-order valence-electron chi connectivity index (χ3n) is 2.06. The number of hydrogen-bond acceptors (Lipinski definition) is 2. The molecule has 0 aliphatic carbocycles. The minimum atomic E-state index is -0.0861. The quantitative estimate of drug-likeness (QED) is 0.818. The lowest BCUT2D eigenvalue weighted by molar-refractivity contribution is -0.114. The maximum absolute atomic E-state index is 10.9. The van der Waals surface area contributed by atoms with E-state index in [1.165, 1.54) is 6.92 Å². The molecule has 0 unspecified atom stereocenters. The molecule has 1 amide bonds. The van der Waals surface area contributed by atoms with E-state index < -0.39 is 0 Å². The van der Waals surface area contributed by atoms with Crippen LogP contribution in [0.4, 0.5) is 5.69 Å². The lowest BCUT2D eigenvalue weighted by Gasteiger charge is -2.09. The van der Waals surface area contributed by atoms with E-state index in [-0.39, 0.29) is 5.91 Å². The normalized spacial score (nSPS) is 9.40. The van der Waals surface area contributed by atoms with E-state index in [1.807, 2.05) is 6.07 Å². The predicted octanol–water partition coefficient (Wildman–Crippen LogP) is 2.47. The van der Waals surface area contributed by atoms with Crippen LogP contribution in [0, 0.1) is 11.3 Å². The van der Waals surface area contributed by atoms with E-state index in [2.05, 4.69) is 18.3 Å². The molecule has 0 saturated heterocycles. The van der Waals surface area contributed by atoms with E-state index in [9.17, 15) is 4.79 Å². The lowest BCUT2D eigenvalue weighted by Crippen LogP contribution is -2.08. The number of rotatable bonds is 3. The highest BCUT2D eigenvalue weighted by Gasteiger charge is 2.04. The Morgan fingerprint density at radius 2 is 2.27 bits per heavy atom. The monoisotopic (exact) mass is 202 g/mol. The number of amides is 1. The van der Waals surface area contributed by atoms with Gasteiger partial charge in [-0.3, -0.25) is 4.79 Å². The van der Waals surface area contributed by atoms with Gasteiger partial charge in [0.2, 0.25) is 5.91 Å². The topological polar surface area (TPSA) is 52.9 Å². The highest BCUT2D eigenvalue weighted by molar-refractivity contribution is 5.89. The summed E-state index contributed by atoms with van der Waals surface area (Å²) in [6, 6.07) is 7.42. The van der Waals surface area contributed by atoms with Crippen LogP contribution in [0.5, 0.6) is 0 Å². The van der Waals surface area contributed by atoms with Crippen LogP contribution >= 0.6 is 0 Å². The molecule has 1 aromatic rings. The number of nitriles is 1. The molecule has 0 atom stereocenters. The van der Waals surface area contributed by atoms with Gasteiger partial charge in [-0.2, -0.15) is 5.26 Å². The number of carbonyl (C=O) groups excluding carboxylic acids is 1. The van der Waals surface area contributed by atoms with Crippen molar-refractivity contribution in [1.82, 2.24) is 0 Å². The van der Waals surface area contributed by atoms with Gasteiger partial charge in [-0.25, -0.2) is 0 Å². The fraction of sp³-hybridized carbons (Fsp3) is 0.333. The number of hydrogen-bond donors (Lipinski definition) is 1. The van der Waals surface area contributed by atoms with Crippen LogP contribution in [0.15, 0.2) is 18.2 Å². The van der Waals surface area contributed by atoms with E-state index >= 15 is 0 Å². The van der Waals surface area contributed by atoms with Crippen molar-refractivity contribution >= 4 is 11.6 Å². The molecule has 0 fully saturated rings. The number of nitrogens with zero attached hydrogens (tertiary/aromatic N) is 1. The molecule has 15 heavy (non-hydrogen) atoms. The Morgan fingerprint density at radius 3 is 2.80 bits per heavy atom. The summed E-state index contributed by atoms with van der Waals surface area (Å²) in [5, 5.41) is 11.5. The van der Waals surface area contributed by atoms with Crippen molar-refractivity contribution in [3.05, 3.63) is 29.3 Å². The Morgan fingerprint density at radius 1 is 1.53 bits per heavy atom. The van der Waals surface area contributed by atoms with Crippen LogP contribution in [0.3, 0.4) is 0 Å². The highest BCUT2D eigenvalue weighted by atomic mass is 16.1. The van der Waals surface area contributed by atoms with Crippen molar-refractivity contribution < 1.29 is 4.79 Å². The molecule has 0 bridgehead atoms. The second-order valence-corrected chi connectivity index (χ2v) is 3.41. The smallest absolute Gasteiger partial charge is 0.221 e. The summed E-state index contributed by atoms with van der Waals surface area (Å²) in [7, 11) is 0. The van der Waals surface area contributed by atoms with Crippen molar-refractivity contribution in [1.29, 1.82) is 5.26 Å². The molecular weight excluding hydrogens is 188 g/mol. The maximum atomic E-state index is 10.9. The Labute approximate surface area is 89.7 Å². The Kier molecular flexibility index (Phi) is 3.87. The summed E-state index contributed by atoms with van der Waals surface area (Å²) in [6.45, 7) is 3.55. The van der Waals surface area contributed by atoms with Crippen LogP contribution in [-0.4, -0.2) is 5.91 Å². The van der Waals surface area contributed by atoms with Crippen LogP contribution in [0.1, 0.15) is 31.4 Å². The van der Waals surface area contributed by atoms with Crippen LogP contribution in [-0.2, 0) is 11.2 Å². The predicted molar refractivity (Wildman–Crippen MR) is 59.5 cm³/mol. The first-order valence-electron chi connectivity index (χ1n) is 4.98. The molecule has 1 N–H and O–H groups in total. The van der Waals surface area contributed by atoms with Crippen LogP contribution in [0.25, 0.3) is 0 Å². The largest absolute Gasteiger partial charge is 0.326 e. The van der Waals surface area contributed by atoms with E-state index in [0.29, 0.717) is 5.56 Å². The lowest BCUT2D eigenvalue weighted by atomic mass is 10.0. The molecule has 78 valence electrons. The zero-order valence-electron chi connectivity index (χ0n) is 9.00. The second kappa shape index (κ2) is 5.16. The molecule has 0 heterocycles. The van der Waals surface area contributed by atoms with E-state index in [4.69, 9.17) is 5.26 Å². The molecule has 0 radical (unpaired) electrons. The third-order valence-corrected chi connectivity index (χ3v) is 2.06. The van der Waals surface area contributed by atoms with Crippen molar-refractivity contribution in [3.63, 3.8) is 0 Å². The minimum Gasteiger partial charge on any atom is -0.326 e. The number of carbonyl (C=O) groups is 1. The van der Waals surface area contributed by atoms with Crippen LogP contribution in [0.2, 0.25) is 0 Å². The van der Waals surface area contributed by atoms with Gasteiger partial charge >= 0.3 is 0 Å². The van der Waals surface area contributed by atoms with E-state index in [1.54, 1.807) is 12.1 Å². The Balaban J connectivity index is 3.04. The molecule has 0 spiro atoms. The third kappa shape index (κ3) is 3.10. The summed E-state index contributed by atoms with van der Waals surface area (Å²) in [4.78, 5) is 10.9. The number of aryl methyl sites for hydroxylation is 1. The van der Waals surface area contributed by atoms with Gasteiger partial charge in [-0.15, -0.1) is 0 Å². The fourth-order valence-corrected chi connectivity index (χ4v) is 1.45. The van der Waals surface area contributed by atoms with Crippen molar-refractivity contribution in [3.8, 4) is 6.07 Å². The van der Waals surface area contributed by atoms with Gasteiger partial charge in [-0.05, 0) is 30.2 Å². The van der Waals surface area contributed by atoms with Gasteiger partial charge in [0, 0.05) is 12.6 Å². The summed E-state index contributed by atoms with van der Waals surface area (Å²) in [5.41, 5.74) is 2.46. The molecule has 3 nitrogen and oxygen atoms in total. The Bertz CT molecular complexity index is 405. The highest BCUT2D eigenvalue weighted by Crippen LogP contribution is 2.19. The van der Waals surface area contributed by atoms with Gasteiger partial charge in [0.1, 0.15) is 0 Å². The fourth-order valence-electron chi connectivity index (χ4n) is 1.45. The SMILES string of the molecule is CCCc1cc(C#N)ccc1NC(C)=O. The summed E-state index contributed by atoms with van der Waals surface area (Å²) >= 11 is 0. The van der Waals surface area contributed by atoms with Crippen molar-refractivity contribution in [2.45, 2.75) is 26.7 Å². The molecule has 3 heteroatoms. The average molecular weight is 202 g/mol. The molecular formula is C12H14N2O. The average Bonchev–Trinajstić information content (AvgIpc) is 2.20. The minimum absolute atomic E-state index is 0.0861. The molecule has 0 aliphatic heterocycles. The number of anilines is 1. The first kappa shape index (κ1) is 11.3. The van der Waals surface area contributed by atoms with Crippen LogP contribution < -0.4 is 5.32 Å². The molecule has 0 saturated carbocycles. The Hall–Kier alpha value is -1.82. The van der Waals surface area contributed by atoms with Gasteiger partial charge in [0.15, 0.2) is 0 Å². The number of benzene rings is 1. The summed E-state index contributed by atoms with van der Waals surface area (Å²) in [6.07, 6.45) is 1.85. The standard InChI is InChI=1S/C12H14N2O/c1-3-4-11-7-10(8-13)5-6-12(11)14-9(2)15/h5-7H,3-4H2,1-2H3,(H,14,15). The first-order valence-corrected chi connectivity index (χ1v) is 4.98. The zero-order valence-corrected chi connectivity index (χ0v) is 9.00. The molecule has 1 aromatic carbocycles. The molecule has 0 aromatic heterocycles. The summed E-state index contributed by atoms with van der Waals surface area (Å²) < 4.78 is 0. The molecule has 1 rings (SSSR count). The summed E-state index contributed by atoms with van der Waals surface area (Å²) in [5.74, 6) is -0.0861.